The van der Waals surface area contributed by atoms with E-state index in [1.807, 2.05) is 7.05 Å². The fourth-order valence-electron chi connectivity index (χ4n) is 2.96. The molecule has 0 radical (unpaired) electrons. The third kappa shape index (κ3) is 3.51. The SMILES string of the molecule is CNC(C)c1ccccc1N1CCC(CC(N)=O)CC1. The molecule has 110 valence electrons. The van der Waals surface area contributed by atoms with Crippen LogP contribution in [-0.4, -0.2) is 26.0 Å². The lowest BCUT2D eigenvalue weighted by Crippen LogP contribution is -2.36. The first-order valence-electron chi connectivity index (χ1n) is 7.41. The zero-order chi connectivity index (χ0) is 14.5. The van der Waals surface area contributed by atoms with Gasteiger partial charge in [-0.05, 0) is 44.4 Å². The average Bonchev–Trinajstić information content (AvgIpc) is 2.46. The summed E-state index contributed by atoms with van der Waals surface area (Å²) in [5, 5.41) is 3.31. The number of carbonyl (C=O) groups is 1. The van der Waals surface area contributed by atoms with Crippen LogP contribution in [0.4, 0.5) is 5.69 Å². The number of para-hydroxylation sites is 1. The van der Waals surface area contributed by atoms with Gasteiger partial charge in [0.25, 0.3) is 0 Å². The Balaban J connectivity index is 2.05. The van der Waals surface area contributed by atoms with E-state index in [0.29, 0.717) is 18.4 Å². The highest BCUT2D eigenvalue weighted by Crippen LogP contribution is 2.30. The number of anilines is 1. The number of nitrogens with zero attached hydrogens (tertiary/aromatic N) is 1. The molecule has 0 saturated carbocycles. The molecule has 1 aliphatic heterocycles. The number of hydrogen-bond donors (Lipinski definition) is 2. The Bertz CT molecular complexity index is 453. The number of primary amides is 1. The molecule has 0 spiro atoms. The average molecular weight is 275 g/mol. The van der Waals surface area contributed by atoms with E-state index in [1.165, 1.54) is 11.3 Å². The number of rotatable bonds is 5. The van der Waals surface area contributed by atoms with Crippen molar-refractivity contribution in [2.24, 2.45) is 11.7 Å². The molecule has 1 heterocycles. The third-order valence-corrected chi connectivity index (χ3v) is 4.28. The fourth-order valence-corrected chi connectivity index (χ4v) is 2.96. The minimum atomic E-state index is -0.173. The van der Waals surface area contributed by atoms with Crippen molar-refractivity contribution in [3.63, 3.8) is 0 Å². The second-order valence-electron chi connectivity index (χ2n) is 5.67. The van der Waals surface area contributed by atoms with E-state index < -0.39 is 0 Å². The highest BCUT2D eigenvalue weighted by Gasteiger charge is 2.22. The summed E-state index contributed by atoms with van der Waals surface area (Å²) in [6.07, 6.45) is 2.62. The predicted molar refractivity (Wildman–Crippen MR) is 82.7 cm³/mol. The van der Waals surface area contributed by atoms with Gasteiger partial charge in [-0.25, -0.2) is 0 Å². The van der Waals surface area contributed by atoms with Crippen LogP contribution in [0.5, 0.6) is 0 Å². The first kappa shape index (κ1) is 14.9. The maximum Gasteiger partial charge on any atom is 0.217 e. The lowest BCUT2D eigenvalue weighted by atomic mass is 9.92. The van der Waals surface area contributed by atoms with Crippen LogP contribution in [0.25, 0.3) is 0 Å². The molecule has 2 rings (SSSR count). The van der Waals surface area contributed by atoms with Crippen LogP contribution in [0.3, 0.4) is 0 Å². The van der Waals surface area contributed by atoms with Gasteiger partial charge in [-0.1, -0.05) is 18.2 Å². The molecule has 1 amide bonds. The van der Waals surface area contributed by atoms with E-state index in [0.717, 1.165) is 25.9 Å². The molecular weight excluding hydrogens is 250 g/mol. The number of hydrogen-bond acceptors (Lipinski definition) is 3. The Kier molecular flexibility index (Phi) is 5.01. The van der Waals surface area contributed by atoms with Crippen LogP contribution in [0, 0.1) is 5.92 Å². The highest BCUT2D eigenvalue weighted by atomic mass is 16.1. The maximum absolute atomic E-state index is 11.0. The first-order chi connectivity index (χ1) is 9.61. The van der Waals surface area contributed by atoms with Crippen LogP contribution in [-0.2, 0) is 4.79 Å². The molecule has 0 aliphatic carbocycles. The molecule has 1 saturated heterocycles. The Hall–Kier alpha value is -1.55. The van der Waals surface area contributed by atoms with Gasteiger partial charge in [0, 0.05) is 31.2 Å². The van der Waals surface area contributed by atoms with Crippen molar-refractivity contribution >= 4 is 11.6 Å². The van der Waals surface area contributed by atoms with Crippen LogP contribution in [0.2, 0.25) is 0 Å². The van der Waals surface area contributed by atoms with E-state index in [-0.39, 0.29) is 5.91 Å². The first-order valence-corrected chi connectivity index (χ1v) is 7.41. The molecular formula is C16H25N3O. The molecule has 0 aromatic heterocycles. The van der Waals surface area contributed by atoms with Gasteiger partial charge in [-0.15, -0.1) is 0 Å². The normalized spacial score (nSPS) is 18.0. The monoisotopic (exact) mass is 275 g/mol. The lowest BCUT2D eigenvalue weighted by Gasteiger charge is -2.35. The Morgan fingerprint density at radius 3 is 2.65 bits per heavy atom. The summed E-state index contributed by atoms with van der Waals surface area (Å²) in [5.41, 5.74) is 7.94. The molecule has 1 unspecified atom stereocenters. The summed E-state index contributed by atoms with van der Waals surface area (Å²) >= 11 is 0. The van der Waals surface area contributed by atoms with Crippen molar-refractivity contribution < 1.29 is 4.79 Å². The quantitative estimate of drug-likeness (QED) is 0.865. The van der Waals surface area contributed by atoms with Crippen LogP contribution < -0.4 is 16.0 Å². The Morgan fingerprint density at radius 1 is 1.40 bits per heavy atom. The van der Waals surface area contributed by atoms with Crippen LogP contribution in [0.1, 0.15) is 37.8 Å². The summed E-state index contributed by atoms with van der Waals surface area (Å²) in [6.45, 7) is 4.19. The fraction of sp³-hybridized carbons (Fsp3) is 0.562. The van der Waals surface area contributed by atoms with Crippen molar-refractivity contribution in [1.29, 1.82) is 0 Å². The van der Waals surface area contributed by atoms with Gasteiger partial charge in [0.1, 0.15) is 0 Å². The molecule has 1 aromatic carbocycles. The number of benzene rings is 1. The molecule has 3 N–H and O–H groups in total. The number of nitrogens with two attached hydrogens (primary N) is 1. The second kappa shape index (κ2) is 6.75. The maximum atomic E-state index is 11.0. The van der Waals surface area contributed by atoms with Gasteiger partial charge in [0.2, 0.25) is 5.91 Å². The van der Waals surface area contributed by atoms with Gasteiger partial charge >= 0.3 is 0 Å². The number of nitrogens with one attached hydrogen (secondary N) is 1. The minimum Gasteiger partial charge on any atom is -0.371 e. The lowest BCUT2D eigenvalue weighted by molar-refractivity contribution is -0.119. The van der Waals surface area contributed by atoms with Gasteiger partial charge in [-0.2, -0.15) is 0 Å². The molecule has 1 atom stereocenters. The van der Waals surface area contributed by atoms with Gasteiger partial charge in [-0.3, -0.25) is 4.79 Å². The highest BCUT2D eigenvalue weighted by molar-refractivity contribution is 5.74. The molecule has 4 heteroatoms. The van der Waals surface area contributed by atoms with E-state index in [9.17, 15) is 4.79 Å². The molecule has 0 bridgehead atoms. The van der Waals surface area contributed by atoms with Crippen LogP contribution in [0.15, 0.2) is 24.3 Å². The van der Waals surface area contributed by atoms with Crippen molar-refractivity contribution in [1.82, 2.24) is 5.32 Å². The van der Waals surface area contributed by atoms with Crippen molar-refractivity contribution in [3.8, 4) is 0 Å². The summed E-state index contributed by atoms with van der Waals surface area (Å²) in [4.78, 5) is 13.4. The smallest absolute Gasteiger partial charge is 0.217 e. The van der Waals surface area contributed by atoms with Crippen molar-refractivity contribution in [2.75, 3.05) is 25.0 Å². The summed E-state index contributed by atoms with van der Waals surface area (Å²) < 4.78 is 0. The van der Waals surface area contributed by atoms with Crippen LogP contribution >= 0.6 is 0 Å². The van der Waals surface area contributed by atoms with E-state index in [4.69, 9.17) is 5.73 Å². The van der Waals surface area contributed by atoms with Gasteiger partial charge in [0.05, 0.1) is 0 Å². The Labute approximate surface area is 121 Å². The largest absolute Gasteiger partial charge is 0.371 e. The van der Waals surface area contributed by atoms with Gasteiger partial charge < -0.3 is 16.0 Å². The number of piperidine rings is 1. The zero-order valence-electron chi connectivity index (χ0n) is 12.4. The second-order valence-corrected chi connectivity index (χ2v) is 5.67. The molecule has 1 aromatic rings. The molecule has 1 aliphatic rings. The summed E-state index contributed by atoms with van der Waals surface area (Å²) in [6, 6.07) is 8.90. The van der Waals surface area contributed by atoms with E-state index in [1.54, 1.807) is 0 Å². The minimum absolute atomic E-state index is 0.173. The predicted octanol–water partition coefficient (Wildman–Crippen LogP) is 2.06. The van der Waals surface area contributed by atoms with Crippen molar-refractivity contribution in [2.45, 2.75) is 32.2 Å². The Morgan fingerprint density at radius 2 is 2.05 bits per heavy atom. The third-order valence-electron chi connectivity index (χ3n) is 4.28. The topological polar surface area (TPSA) is 58.4 Å². The number of carbonyl (C=O) groups excluding carboxylic acids is 1. The van der Waals surface area contributed by atoms with E-state index >= 15 is 0 Å². The van der Waals surface area contributed by atoms with Gasteiger partial charge in [0.15, 0.2) is 0 Å². The van der Waals surface area contributed by atoms with E-state index in [2.05, 4.69) is 41.4 Å². The molecule has 4 nitrogen and oxygen atoms in total. The molecule has 1 fully saturated rings. The van der Waals surface area contributed by atoms with Crippen molar-refractivity contribution in [3.05, 3.63) is 29.8 Å². The summed E-state index contributed by atoms with van der Waals surface area (Å²) in [5.74, 6) is 0.283. The summed E-state index contributed by atoms with van der Waals surface area (Å²) in [7, 11) is 1.99. The number of amides is 1. The zero-order valence-corrected chi connectivity index (χ0v) is 12.4. The molecule has 20 heavy (non-hydrogen) atoms. The standard InChI is InChI=1S/C16H25N3O/c1-12(18-2)14-5-3-4-6-15(14)19-9-7-13(8-10-19)11-16(17)20/h3-6,12-13,18H,7-11H2,1-2H3,(H2,17,20).